The molecule has 0 unspecified atom stereocenters. The third kappa shape index (κ3) is 5.25. The van der Waals surface area contributed by atoms with Gasteiger partial charge in [0.2, 0.25) is 5.91 Å². The monoisotopic (exact) mass is 285 g/mol. The molecule has 0 aromatic carbocycles. The van der Waals surface area contributed by atoms with Crippen LogP contribution in [0.25, 0.3) is 0 Å². The van der Waals surface area contributed by atoms with Crippen LogP contribution in [-0.4, -0.2) is 30.0 Å². The molecule has 1 aromatic rings. The first-order valence-corrected chi connectivity index (χ1v) is 6.87. The number of esters is 1. The topological polar surface area (TPSA) is 94.3 Å². The minimum Gasteiger partial charge on any atom is -0.467 e. The molecule has 1 amide bonds. The highest BCUT2D eigenvalue weighted by molar-refractivity contribution is 7.13. The summed E-state index contributed by atoms with van der Waals surface area (Å²) in [6, 6.07) is -0.617. The van der Waals surface area contributed by atoms with Gasteiger partial charge < -0.3 is 15.8 Å². The Morgan fingerprint density at radius 3 is 2.68 bits per heavy atom. The minimum atomic E-state index is -0.617. The number of amides is 1. The maximum absolute atomic E-state index is 11.8. The lowest BCUT2D eigenvalue weighted by Crippen LogP contribution is -2.43. The van der Waals surface area contributed by atoms with Crippen LogP contribution in [-0.2, 0) is 20.7 Å². The van der Waals surface area contributed by atoms with Crippen LogP contribution in [0.1, 0.15) is 26.0 Å². The summed E-state index contributed by atoms with van der Waals surface area (Å²) in [5.41, 5.74) is 6.10. The highest BCUT2D eigenvalue weighted by atomic mass is 32.1. The molecule has 0 aliphatic heterocycles. The number of nitrogen functional groups attached to an aromatic ring is 1. The first-order chi connectivity index (χ1) is 8.92. The fraction of sp³-hybridized carbons (Fsp3) is 0.583. The predicted octanol–water partition coefficient (Wildman–Crippen LogP) is 0.972. The van der Waals surface area contributed by atoms with Crippen molar-refractivity contribution in [3.8, 4) is 0 Å². The third-order valence-electron chi connectivity index (χ3n) is 2.44. The Kier molecular flexibility index (Phi) is 5.75. The van der Waals surface area contributed by atoms with Crippen LogP contribution >= 0.6 is 11.3 Å². The summed E-state index contributed by atoms with van der Waals surface area (Å²) in [4.78, 5) is 27.4. The van der Waals surface area contributed by atoms with Crippen LogP contribution < -0.4 is 11.1 Å². The van der Waals surface area contributed by atoms with Crippen molar-refractivity contribution in [2.75, 3.05) is 12.8 Å². The molecule has 0 aliphatic carbocycles. The molecule has 106 valence electrons. The second-order valence-electron chi connectivity index (χ2n) is 4.63. The molecule has 0 saturated heterocycles. The van der Waals surface area contributed by atoms with Gasteiger partial charge in [0.1, 0.15) is 6.04 Å². The molecular weight excluding hydrogens is 266 g/mol. The van der Waals surface area contributed by atoms with Crippen molar-refractivity contribution in [3.05, 3.63) is 11.1 Å². The molecule has 1 aromatic heterocycles. The summed E-state index contributed by atoms with van der Waals surface area (Å²) < 4.78 is 4.68. The minimum absolute atomic E-state index is 0.110. The average molecular weight is 285 g/mol. The summed E-state index contributed by atoms with van der Waals surface area (Å²) in [6.07, 6.45) is 0.650. The zero-order valence-electron chi connectivity index (χ0n) is 11.3. The van der Waals surface area contributed by atoms with E-state index < -0.39 is 12.0 Å². The molecular formula is C12H19N3O3S. The van der Waals surface area contributed by atoms with Crippen molar-refractivity contribution in [1.29, 1.82) is 0 Å². The van der Waals surface area contributed by atoms with Crippen molar-refractivity contribution in [2.24, 2.45) is 5.92 Å². The van der Waals surface area contributed by atoms with Crippen LogP contribution in [0.3, 0.4) is 0 Å². The van der Waals surface area contributed by atoms with E-state index in [0.717, 1.165) is 0 Å². The van der Waals surface area contributed by atoms with Gasteiger partial charge in [0.25, 0.3) is 0 Å². The van der Waals surface area contributed by atoms with Gasteiger partial charge in [0.15, 0.2) is 5.13 Å². The smallest absolute Gasteiger partial charge is 0.328 e. The SMILES string of the molecule is COC(=O)[C@H](CC(C)C)NC(=O)Cc1csc(N)n1. The van der Waals surface area contributed by atoms with Gasteiger partial charge in [-0.3, -0.25) is 4.79 Å². The van der Waals surface area contributed by atoms with E-state index in [-0.39, 0.29) is 18.2 Å². The fourth-order valence-corrected chi connectivity index (χ4v) is 2.20. The molecule has 1 heterocycles. The number of hydrogen-bond donors (Lipinski definition) is 2. The molecule has 3 N–H and O–H groups in total. The number of thiazole rings is 1. The van der Waals surface area contributed by atoms with Gasteiger partial charge >= 0.3 is 5.97 Å². The van der Waals surface area contributed by atoms with E-state index in [9.17, 15) is 9.59 Å². The molecule has 0 fully saturated rings. The highest BCUT2D eigenvalue weighted by Crippen LogP contribution is 2.12. The number of carbonyl (C=O) groups excluding carboxylic acids is 2. The number of rotatable bonds is 6. The number of carbonyl (C=O) groups is 2. The predicted molar refractivity (Wildman–Crippen MR) is 73.6 cm³/mol. The lowest BCUT2D eigenvalue weighted by atomic mass is 10.0. The summed E-state index contributed by atoms with van der Waals surface area (Å²) in [5, 5.41) is 4.82. The first-order valence-electron chi connectivity index (χ1n) is 5.99. The van der Waals surface area contributed by atoms with Crippen molar-refractivity contribution in [1.82, 2.24) is 10.3 Å². The van der Waals surface area contributed by atoms with E-state index >= 15 is 0 Å². The second kappa shape index (κ2) is 7.08. The number of methoxy groups -OCH3 is 1. The molecule has 0 bridgehead atoms. The average Bonchev–Trinajstić information content (AvgIpc) is 2.72. The fourth-order valence-electron chi connectivity index (χ4n) is 1.64. The van der Waals surface area contributed by atoms with E-state index in [1.165, 1.54) is 18.4 Å². The van der Waals surface area contributed by atoms with E-state index in [4.69, 9.17) is 5.73 Å². The summed E-state index contributed by atoms with van der Waals surface area (Å²) in [6.45, 7) is 3.95. The summed E-state index contributed by atoms with van der Waals surface area (Å²) in [7, 11) is 1.31. The zero-order chi connectivity index (χ0) is 14.4. The molecule has 1 rings (SSSR count). The number of ether oxygens (including phenoxy) is 1. The van der Waals surface area contributed by atoms with Gasteiger partial charge in [-0.2, -0.15) is 0 Å². The van der Waals surface area contributed by atoms with Crippen molar-refractivity contribution in [2.45, 2.75) is 32.7 Å². The van der Waals surface area contributed by atoms with Crippen LogP contribution in [0.2, 0.25) is 0 Å². The van der Waals surface area contributed by atoms with Gasteiger partial charge in [0.05, 0.1) is 19.2 Å². The van der Waals surface area contributed by atoms with Gasteiger partial charge in [-0.1, -0.05) is 13.8 Å². The zero-order valence-corrected chi connectivity index (χ0v) is 12.1. The second-order valence-corrected chi connectivity index (χ2v) is 5.52. The number of nitrogens with one attached hydrogen (secondary N) is 1. The Hall–Kier alpha value is -1.63. The molecule has 7 heteroatoms. The number of aromatic nitrogens is 1. The van der Waals surface area contributed by atoms with Crippen LogP contribution in [0.15, 0.2) is 5.38 Å². The van der Waals surface area contributed by atoms with Crippen molar-refractivity contribution < 1.29 is 14.3 Å². The molecule has 6 nitrogen and oxygen atoms in total. The molecule has 1 atom stereocenters. The molecule has 19 heavy (non-hydrogen) atoms. The number of anilines is 1. The van der Waals surface area contributed by atoms with Gasteiger partial charge in [-0.15, -0.1) is 11.3 Å². The Labute approximate surface area is 116 Å². The first kappa shape index (κ1) is 15.4. The van der Waals surface area contributed by atoms with E-state index in [2.05, 4.69) is 15.0 Å². The van der Waals surface area contributed by atoms with Crippen LogP contribution in [0.5, 0.6) is 0 Å². The molecule has 0 radical (unpaired) electrons. The summed E-state index contributed by atoms with van der Waals surface area (Å²) >= 11 is 1.28. The standard InChI is InChI=1S/C12H19N3O3S/c1-7(2)4-9(11(17)18-3)15-10(16)5-8-6-19-12(13)14-8/h6-7,9H,4-5H2,1-3H3,(H2,13,14)(H,15,16)/t9-/m0/s1. The lowest BCUT2D eigenvalue weighted by molar-refractivity contribution is -0.145. The Bertz CT molecular complexity index is 445. The van der Waals surface area contributed by atoms with Crippen molar-refractivity contribution >= 4 is 28.3 Å². The largest absolute Gasteiger partial charge is 0.467 e. The van der Waals surface area contributed by atoms with E-state index in [1.54, 1.807) is 5.38 Å². The quantitative estimate of drug-likeness (QED) is 0.760. The number of nitrogens with two attached hydrogens (primary N) is 1. The maximum atomic E-state index is 11.8. The Balaban J connectivity index is 2.57. The molecule has 0 spiro atoms. The molecule has 0 saturated carbocycles. The third-order valence-corrected chi connectivity index (χ3v) is 3.16. The number of nitrogens with zero attached hydrogens (tertiary/aromatic N) is 1. The summed E-state index contributed by atoms with van der Waals surface area (Å²) in [5.74, 6) is -0.416. The highest BCUT2D eigenvalue weighted by Gasteiger charge is 2.22. The van der Waals surface area contributed by atoms with Gasteiger partial charge in [-0.25, -0.2) is 9.78 Å². The van der Waals surface area contributed by atoms with Gasteiger partial charge in [0, 0.05) is 5.38 Å². The van der Waals surface area contributed by atoms with E-state index in [1.807, 2.05) is 13.8 Å². The van der Waals surface area contributed by atoms with Crippen LogP contribution in [0, 0.1) is 5.92 Å². The van der Waals surface area contributed by atoms with Crippen molar-refractivity contribution in [3.63, 3.8) is 0 Å². The number of hydrogen-bond acceptors (Lipinski definition) is 6. The van der Waals surface area contributed by atoms with Crippen LogP contribution in [0.4, 0.5) is 5.13 Å². The maximum Gasteiger partial charge on any atom is 0.328 e. The molecule has 0 aliphatic rings. The van der Waals surface area contributed by atoms with Gasteiger partial charge in [-0.05, 0) is 12.3 Å². The Morgan fingerprint density at radius 1 is 1.53 bits per heavy atom. The lowest BCUT2D eigenvalue weighted by Gasteiger charge is -2.18. The Morgan fingerprint density at radius 2 is 2.21 bits per heavy atom. The van der Waals surface area contributed by atoms with E-state index in [0.29, 0.717) is 17.2 Å². The normalized spacial score (nSPS) is 12.2.